The molecule has 6 nitrogen and oxygen atoms in total. The molecular weight excluding hydrogens is 413 g/mol. The zero-order valence-electron chi connectivity index (χ0n) is 14.2. The fourth-order valence-electron chi connectivity index (χ4n) is 2.68. The highest BCUT2D eigenvalue weighted by molar-refractivity contribution is 7.93. The molecule has 9 heteroatoms. The van der Waals surface area contributed by atoms with Gasteiger partial charge in [-0.3, -0.25) is 4.31 Å². The van der Waals surface area contributed by atoms with Crippen LogP contribution in [0.15, 0.2) is 42.5 Å². The highest BCUT2D eigenvalue weighted by Crippen LogP contribution is 2.32. The van der Waals surface area contributed by atoms with Crippen LogP contribution in [0.5, 0.6) is 5.75 Å². The van der Waals surface area contributed by atoms with Crippen LogP contribution in [0.1, 0.15) is 16.8 Å². The number of carbonyl (C=O) groups is 1. The summed E-state index contributed by atoms with van der Waals surface area (Å²) in [6, 6.07) is 11.3. The molecule has 0 unspecified atom stereocenters. The van der Waals surface area contributed by atoms with Crippen molar-refractivity contribution in [2.24, 2.45) is 0 Å². The molecule has 0 aliphatic carbocycles. The van der Waals surface area contributed by atoms with Crippen LogP contribution in [0.3, 0.4) is 0 Å². The number of anilines is 1. The first-order valence-corrected chi connectivity index (χ1v) is 10.6. The van der Waals surface area contributed by atoms with E-state index in [9.17, 15) is 13.2 Å². The highest BCUT2D eigenvalue weighted by Gasteiger charge is 2.28. The number of ether oxygens (including phenoxy) is 2. The Hall–Kier alpha value is -1.96. The summed E-state index contributed by atoms with van der Waals surface area (Å²) in [4.78, 5) is 12.1. The number of hydrogen-bond acceptors (Lipinski definition) is 5. The Morgan fingerprint density at radius 1 is 1.04 bits per heavy atom. The largest absolute Gasteiger partial charge is 0.487 e. The van der Waals surface area contributed by atoms with Crippen molar-refractivity contribution in [2.45, 2.75) is 6.42 Å². The minimum Gasteiger partial charge on any atom is -0.487 e. The fourth-order valence-corrected chi connectivity index (χ4v) is 4.75. The van der Waals surface area contributed by atoms with Crippen molar-refractivity contribution in [3.8, 4) is 5.75 Å². The van der Waals surface area contributed by atoms with Crippen LogP contribution < -0.4 is 9.04 Å². The van der Waals surface area contributed by atoms with Crippen LogP contribution in [-0.2, 0) is 14.8 Å². The molecule has 1 aliphatic heterocycles. The van der Waals surface area contributed by atoms with Gasteiger partial charge in [0.25, 0.3) is 0 Å². The van der Waals surface area contributed by atoms with E-state index >= 15 is 0 Å². The van der Waals surface area contributed by atoms with Crippen LogP contribution in [0, 0.1) is 0 Å². The summed E-state index contributed by atoms with van der Waals surface area (Å²) >= 11 is 12.0. The third-order valence-electron chi connectivity index (χ3n) is 3.97. The van der Waals surface area contributed by atoms with Crippen LogP contribution in [0.4, 0.5) is 5.69 Å². The van der Waals surface area contributed by atoms with Crippen molar-refractivity contribution in [1.82, 2.24) is 0 Å². The number of halogens is 2. The standard InChI is InChI=1S/C18H17Cl2NO5S/c19-15-3-1-4-16(20)17(15)25-10-11-26-18(22)13-5-7-14(8-6-13)21-9-2-12-27(21,23)24/h1,3-8H,2,9-12H2. The Balaban J connectivity index is 1.53. The van der Waals surface area contributed by atoms with Gasteiger partial charge in [0.15, 0.2) is 5.75 Å². The van der Waals surface area contributed by atoms with E-state index in [1.807, 2.05) is 0 Å². The van der Waals surface area contributed by atoms with E-state index < -0.39 is 16.0 Å². The van der Waals surface area contributed by atoms with E-state index in [0.717, 1.165) is 0 Å². The van der Waals surface area contributed by atoms with E-state index in [2.05, 4.69) is 0 Å². The second-order valence-corrected chi connectivity index (χ2v) is 8.65. The lowest BCUT2D eigenvalue weighted by atomic mass is 10.2. The molecule has 0 radical (unpaired) electrons. The first-order chi connectivity index (χ1) is 12.9. The van der Waals surface area contributed by atoms with Crippen LogP contribution in [0.25, 0.3) is 0 Å². The normalized spacial score (nSPS) is 15.6. The van der Waals surface area contributed by atoms with Crippen LogP contribution >= 0.6 is 23.2 Å². The number of benzene rings is 2. The predicted octanol–water partition coefficient (Wildman–Crippen LogP) is 3.77. The van der Waals surface area contributed by atoms with Crippen LogP contribution in [-0.4, -0.2) is 39.9 Å². The van der Waals surface area contributed by atoms with E-state index in [1.165, 1.54) is 16.4 Å². The maximum absolute atomic E-state index is 12.1. The first-order valence-electron chi connectivity index (χ1n) is 8.23. The third kappa shape index (κ3) is 4.66. The number of rotatable bonds is 6. The smallest absolute Gasteiger partial charge is 0.338 e. The van der Waals surface area contributed by atoms with E-state index in [-0.39, 0.29) is 19.0 Å². The van der Waals surface area contributed by atoms with Gasteiger partial charge in [0.05, 0.1) is 27.0 Å². The average molecular weight is 430 g/mol. The molecule has 1 fully saturated rings. The summed E-state index contributed by atoms with van der Waals surface area (Å²) in [6.45, 7) is 0.565. The number of sulfonamides is 1. The lowest BCUT2D eigenvalue weighted by molar-refractivity contribution is 0.0450. The summed E-state index contributed by atoms with van der Waals surface area (Å²) in [7, 11) is -3.25. The van der Waals surface area contributed by atoms with Gasteiger partial charge in [-0.25, -0.2) is 13.2 Å². The van der Waals surface area contributed by atoms with E-state index in [1.54, 1.807) is 30.3 Å². The third-order valence-corrected chi connectivity index (χ3v) is 6.44. The average Bonchev–Trinajstić information content (AvgIpc) is 2.99. The molecule has 0 N–H and O–H groups in total. The lowest BCUT2D eigenvalue weighted by Gasteiger charge is -2.17. The molecule has 0 bridgehead atoms. The van der Waals surface area contributed by atoms with Gasteiger partial charge in [0.1, 0.15) is 13.2 Å². The van der Waals surface area contributed by atoms with Gasteiger partial charge in [-0.2, -0.15) is 0 Å². The van der Waals surface area contributed by atoms with Crippen molar-refractivity contribution in [2.75, 3.05) is 29.8 Å². The Kier molecular flexibility index (Phi) is 6.14. The molecule has 0 atom stereocenters. The number of para-hydroxylation sites is 1. The predicted molar refractivity (Wildman–Crippen MR) is 104 cm³/mol. The maximum Gasteiger partial charge on any atom is 0.338 e. The van der Waals surface area contributed by atoms with Crippen molar-refractivity contribution in [1.29, 1.82) is 0 Å². The monoisotopic (exact) mass is 429 g/mol. The van der Waals surface area contributed by atoms with Gasteiger partial charge in [-0.05, 0) is 42.8 Å². The number of carbonyl (C=O) groups excluding carboxylic acids is 1. The second-order valence-electron chi connectivity index (χ2n) is 5.82. The maximum atomic E-state index is 12.1. The molecule has 2 aromatic rings. The second kappa shape index (κ2) is 8.37. The molecule has 27 heavy (non-hydrogen) atoms. The minimum absolute atomic E-state index is 0.0165. The molecule has 1 heterocycles. The first kappa shape index (κ1) is 19.8. The summed E-state index contributed by atoms with van der Waals surface area (Å²) < 4.78 is 35.8. The Morgan fingerprint density at radius 2 is 1.70 bits per heavy atom. The molecule has 0 aromatic heterocycles. The van der Waals surface area contributed by atoms with Gasteiger partial charge >= 0.3 is 5.97 Å². The molecule has 1 saturated heterocycles. The molecule has 144 valence electrons. The van der Waals surface area contributed by atoms with Gasteiger partial charge < -0.3 is 9.47 Å². The van der Waals surface area contributed by atoms with Crippen LogP contribution in [0.2, 0.25) is 10.0 Å². The Morgan fingerprint density at radius 3 is 2.30 bits per heavy atom. The summed E-state index contributed by atoms with van der Waals surface area (Å²) in [5, 5.41) is 0.752. The van der Waals surface area contributed by atoms with Gasteiger partial charge in [-0.1, -0.05) is 29.3 Å². The zero-order chi connectivity index (χ0) is 19.4. The lowest BCUT2D eigenvalue weighted by Crippen LogP contribution is -2.25. The Labute approximate surface area is 167 Å². The number of hydrogen-bond donors (Lipinski definition) is 0. The SMILES string of the molecule is O=C(OCCOc1c(Cl)cccc1Cl)c1ccc(N2CCCS2(=O)=O)cc1. The number of esters is 1. The molecule has 2 aromatic carbocycles. The Bertz CT molecular complexity index is 911. The molecule has 1 aliphatic rings. The van der Waals surface area contributed by atoms with Crippen molar-refractivity contribution in [3.63, 3.8) is 0 Å². The van der Waals surface area contributed by atoms with Crippen molar-refractivity contribution < 1.29 is 22.7 Å². The van der Waals surface area contributed by atoms with Crippen molar-refractivity contribution in [3.05, 3.63) is 58.1 Å². The summed E-state index contributed by atoms with van der Waals surface area (Å²) in [5.74, 6) is -0.0422. The van der Waals surface area contributed by atoms with E-state index in [4.69, 9.17) is 32.7 Å². The molecule has 0 saturated carbocycles. The van der Waals surface area contributed by atoms with Gasteiger partial charge in [-0.15, -0.1) is 0 Å². The highest BCUT2D eigenvalue weighted by atomic mass is 35.5. The topological polar surface area (TPSA) is 72.9 Å². The summed E-state index contributed by atoms with van der Waals surface area (Å²) in [5.41, 5.74) is 0.867. The van der Waals surface area contributed by atoms with Gasteiger partial charge in [0, 0.05) is 6.54 Å². The fraction of sp³-hybridized carbons (Fsp3) is 0.278. The molecule has 0 amide bonds. The van der Waals surface area contributed by atoms with Crippen molar-refractivity contribution >= 4 is 44.9 Å². The quantitative estimate of drug-likeness (QED) is 0.516. The van der Waals surface area contributed by atoms with E-state index in [0.29, 0.717) is 40.0 Å². The summed E-state index contributed by atoms with van der Waals surface area (Å²) in [6.07, 6.45) is 0.599. The zero-order valence-corrected chi connectivity index (χ0v) is 16.6. The minimum atomic E-state index is -3.25. The molecular formula is C18H17Cl2NO5S. The number of nitrogens with zero attached hydrogens (tertiary/aromatic N) is 1. The molecule has 3 rings (SSSR count). The van der Waals surface area contributed by atoms with Gasteiger partial charge in [0.2, 0.25) is 10.0 Å². The molecule has 0 spiro atoms.